The Hall–Kier alpha value is -1.52. The third-order valence-corrected chi connectivity index (χ3v) is 5.08. The van der Waals surface area contributed by atoms with Crippen LogP contribution in [0.15, 0.2) is 41.1 Å². The Labute approximate surface area is 131 Å². The van der Waals surface area contributed by atoms with E-state index in [2.05, 4.69) is 64.9 Å². The molecular weight excluding hydrogens is 278 g/mol. The molecule has 0 saturated carbocycles. The standard InChI is InChI=1S/C17H23N3S/c1-3-14(18)17(13-8-11-21-12-13)20-10-9-19(2)15-6-4-5-7-16(15)20/h4-8,11-12,14,17H,3,9-10,18H2,1-2H3. The highest BCUT2D eigenvalue weighted by Gasteiger charge is 2.30. The van der Waals surface area contributed by atoms with Gasteiger partial charge in [-0.2, -0.15) is 11.3 Å². The van der Waals surface area contributed by atoms with Gasteiger partial charge in [-0.05, 0) is 40.9 Å². The molecule has 112 valence electrons. The minimum absolute atomic E-state index is 0.149. The maximum absolute atomic E-state index is 6.48. The Morgan fingerprint density at radius 3 is 2.62 bits per heavy atom. The highest BCUT2D eigenvalue weighted by molar-refractivity contribution is 7.08. The second-order valence-electron chi connectivity index (χ2n) is 5.68. The number of thiophene rings is 1. The van der Waals surface area contributed by atoms with Gasteiger partial charge in [0.25, 0.3) is 0 Å². The molecule has 0 radical (unpaired) electrons. The van der Waals surface area contributed by atoms with E-state index in [1.807, 2.05) is 0 Å². The summed E-state index contributed by atoms with van der Waals surface area (Å²) in [4.78, 5) is 4.82. The van der Waals surface area contributed by atoms with Crippen molar-refractivity contribution in [3.05, 3.63) is 46.7 Å². The highest BCUT2D eigenvalue weighted by Crippen LogP contribution is 2.39. The van der Waals surface area contributed by atoms with Crippen LogP contribution in [0.5, 0.6) is 0 Å². The lowest BCUT2D eigenvalue weighted by molar-refractivity contribution is 0.485. The van der Waals surface area contributed by atoms with Crippen LogP contribution in [0.3, 0.4) is 0 Å². The zero-order chi connectivity index (χ0) is 14.8. The fraction of sp³-hybridized carbons (Fsp3) is 0.412. The molecule has 2 heterocycles. The molecule has 0 spiro atoms. The Balaban J connectivity index is 2.03. The van der Waals surface area contributed by atoms with Gasteiger partial charge < -0.3 is 15.5 Å². The lowest BCUT2D eigenvalue weighted by atomic mass is 9.96. The van der Waals surface area contributed by atoms with Crippen LogP contribution < -0.4 is 15.5 Å². The number of anilines is 2. The Morgan fingerprint density at radius 1 is 1.19 bits per heavy atom. The van der Waals surface area contributed by atoms with Crippen LogP contribution in [-0.2, 0) is 0 Å². The summed E-state index contributed by atoms with van der Waals surface area (Å²) in [6, 6.07) is 11.3. The molecule has 4 heteroatoms. The van der Waals surface area contributed by atoms with Gasteiger partial charge in [0.2, 0.25) is 0 Å². The summed E-state index contributed by atoms with van der Waals surface area (Å²) in [5, 5.41) is 4.38. The van der Waals surface area contributed by atoms with Crippen LogP contribution in [0, 0.1) is 0 Å². The Morgan fingerprint density at radius 2 is 1.95 bits per heavy atom. The average molecular weight is 301 g/mol. The van der Waals surface area contributed by atoms with E-state index in [4.69, 9.17) is 5.73 Å². The number of fused-ring (bicyclic) bond motifs is 1. The normalized spacial score (nSPS) is 17.5. The van der Waals surface area contributed by atoms with Crippen LogP contribution in [0.25, 0.3) is 0 Å². The largest absolute Gasteiger partial charge is 0.371 e. The predicted octanol–water partition coefficient (Wildman–Crippen LogP) is 3.48. The van der Waals surface area contributed by atoms with Crippen LogP contribution in [0.2, 0.25) is 0 Å². The van der Waals surface area contributed by atoms with Crippen molar-refractivity contribution in [1.29, 1.82) is 0 Å². The molecule has 0 saturated heterocycles. The van der Waals surface area contributed by atoms with Crippen LogP contribution >= 0.6 is 11.3 Å². The SMILES string of the molecule is CCC(N)C(c1ccsc1)N1CCN(C)c2ccccc21. The summed E-state index contributed by atoms with van der Waals surface area (Å²) in [6.07, 6.45) is 0.981. The first-order valence-corrected chi connectivity index (χ1v) is 8.51. The predicted molar refractivity (Wildman–Crippen MR) is 92.4 cm³/mol. The van der Waals surface area contributed by atoms with E-state index in [1.165, 1.54) is 16.9 Å². The minimum atomic E-state index is 0.149. The summed E-state index contributed by atoms with van der Waals surface area (Å²) in [5.41, 5.74) is 10.4. The molecule has 2 aromatic rings. The van der Waals surface area contributed by atoms with Crippen molar-refractivity contribution in [2.45, 2.75) is 25.4 Å². The van der Waals surface area contributed by atoms with E-state index in [9.17, 15) is 0 Å². The smallest absolute Gasteiger partial charge is 0.0702 e. The Bertz CT molecular complexity index is 581. The van der Waals surface area contributed by atoms with E-state index in [0.717, 1.165) is 19.5 Å². The molecule has 3 nitrogen and oxygen atoms in total. The molecule has 3 rings (SSSR count). The van der Waals surface area contributed by atoms with Crippen molar-refractivity contribution < 1.29 is 0 Å². The van der Waals surface area contributed by atoms with Gasteiger partial charge in [0, 0.05) is 26.2 Å². The van der Waals surface area contributed by atoms with Gasteiger partial charge in [-0.3, -0.25) is 0 Å². The highest BCUT2D eigenvalue weighted by atomic mass is 32.1. The van der Waals surface area contributed by atoms with Crippen LogP contribution in [-0.4, -0.2) is 26.2 Å². The number of rotatable bonds is 4. The van der Waals surface area contributed by atoms with Crippen molar-refractivity contribution in [2.75, 3.05) is 29.9 Å². The lowest BCUT2D eigenvalue weighted by Gasteiger charge is -2.43. The van der Waals surface area contributed by atoms with Crippen LogP contribution in [0.1, 0.15) is 24.9 Å². The van der Waals surface area contributed by atoms with Gasteiger partial charge >= 0.3 is 0 Å². The molecule has 0 bridgehead atoms. The average Bonchev–Trinajstić information content (AvgIpc) is 3.04. The van der Waals surface area contributed by atoms with Crippen molar-refractivity contribution in [2.24, 2.45) is 5.73 Å². The molecule has 1 aromatic heterocycles. The first-order chi connectivity index (χ1) is 10.2. The molecule has 2 N–H and O–H groups in total. The third-order valence-electron chi connectivity index (χ3n) is 4.38. The number of hydrogen-bond acceptors (Lipinski definition) is 4. The zero-order valence-electron chi connectivity index (χ0n) is 12.7. The molecule has 2 unspecified atom stereocenters. The summed E-state index contributed by atoms with van der Waals surface area (Å²) >= 11 is 1.75. The van der Waals surface area contributed by atoms with Crippen molar-refractivity contribution in [3.63, 3.8) is 0 Å². The molecule has 2 atom stereocenters. The molecule has 1 aromatic carbocycles. The van der Waals surface area contributed by atoms with Crippen molar-refractivity contribution >= 4 is 22.7 Å². The lowest BCUT2D eigenvalue weighted by Crippen LogP contribution is -2.47. The summed E-state index contributed by atoms with van der Waals surface area (Å²) in [6.45, 7) is 4.22. The number of benzene rings is 1. The zero-order valence-corrected chi connectivity index (χ0v) is 13.5. The fourth-order valence-corrected chi connectivity index (χ4v) is 3.83. The Kier molecular flexibility index (Phi) is 4.17. The quantitative estimate of drug-likeness (QED) is 0.938. The van der Waals surface area contributed by atoms with Gasteiger partial charge in [-0.15, -0.1) is 0 Å². The number of likely N-dealkylation sites (N-methyl/N-ethyl adjacent to an activating group) is 1. The van der Waals surface area contributed by atoms with E-state index < -0.39 is 0 Å². The molecule has 0 fully saturated rings. The fourth-order valence-electron chi connectivity index (χ4n) is 3.14. The monoisotopic (exact) mass is 301 g/mol. The molecule has 1 aliphatic heterocycles. The summed E-state index contributed by atoms with van der Waals surface area (Å²) in [5.74, 6) is 0. The maximum Gasteiger partial charge on any atom is 0.0702 e. The van der Waals surface area contributed by atoms with Gasteiger partial charge in [-0.1, -0.05) is 19.1 Å². The van der Waals surface area contributed by atoms with Gasteiger partial charge in [0.15, 0.2) is 0 Å². The van der Waals surface area contributed by atoms with Gasteiger partial charge in [-0.25, -0.2) is 0 Å². The molecule has 21 heavy (non-hydrogen) atoms. The summed E-state index contributed by atoms with van der Waals surface area (Å²) < 4.78 is 0. The number of para-hydroxylation sites is 2. The first kappa shape index (κ1) is 14.4. The van der Waals surface area contributed by atoms with E-state index in [1.54, 1.807) is 11.3 Å². The number of hydrogen-bond donors (Lipinski definition) is 1. The van der Waals surface area contributed by atoms with Gasteiger partial charge in [0.05, 0.1) is 17.4 Å². The second-order valence-corrected chi connectivity index (χ2v) is 6.46. The minimum Gasteiger partial charge on any atom is -0.371 e. The van der Waals surface area contributed by atoms with E-state index in [-0.39, 0.29) is 12.1 Å². The molecular formula is C17H23N3S. The topological polar surface area (TPSA) is 32.5 Å². The summed E-state index contributed by atoms with van der Waals surface area (Å²) in [7, 11) is 2.16. The van der Waals surface area contributed by atoms with Crippen molar-refractivity contribution in [3.8, 4) is 0 Å². The first-order valence-electron chi connectivity index (χ1n) is 7.57. The second kappa shape index (κ2) is 6.08. The number of nitrogens with zero attached hydrogens (tertiary/aromatic N) is 2. The van der Waals surface area contributed by atoms with Gasteiger partial charge in [0.1, 0.15) is 0 Å². The molecule has 0 amide bonds. The number of nitrogens with two attached hydrogens (primary N) is 1. The molecule has 0 aliphatic carbocycles. The van der Waals surface area contributed by atoms with Crippen molar-refractivity contribution in [1.82, 2.24) is 0 Å². The third kappa shape index (κ3) is 2.65. The maximum atomic E-state index is 6.48. The van der Waals surface area contributed by atoms with E-state index in [0.29, 0.717) is 0 Å². The van der Waals surface area contributed by atoms with Crippen LogP contribution in [0.4, 0.5) is 11.4 Å². The molecule has 1 aliphatic rings. The van der Waals surface area contributed by atoms with E-state index >= 15 is 0 Å².